The molecule has 5 rings (SSSR count). The summed E-state index contributed by atoms with van der Waals surface area (Å²) in [6.45, 7) is 6.26. The lowest BCUT2D eigenvalue weighted by Crippen LogP contribution is -2.67. The van der Waals surface area contributed by atoms with E-state index in [1.165, 1.54) is 0 Å². The van der Waals surface area contributed by atoms with Gasteiger partial charge in [0.05, 0.1) is 0 Å². The SMILES string of the molecule is CCCC[C@]1(OC)OCC(=O)[C@@]2(CC[C@@H]3[C@H]4CCC5=CC(=O)C=C[C@]5(C)[C@@H]4C(=O)C[C@@]32C)O1. The third kappa shape index (κ3) is 3.06. The predicted molar refractivity (Wildman–Crippen MR) is 121 cm³/mol. The van der Waals surface area contributed by atoms with E-state index in [2.05, 4.69) is 20.8 Å². The van der Waals surface area contributed by atoms with E-state index in [1.807, 2.05) is 6.08 Å². The number of hydrogen-bond donors (Lipinski definition) is 0. The van der Waals surface area contributed by atoms with Gasteiger partial charge >= 0.3 is 0 Å². The van der Waals surface area contributed by atoms with E-state index in [-0.39, 0.29) is 41.7 Å². The van der Waals surface area contributed by atoms with Crippen molar-refractivity contribution in [2.24, 2.45) is 28.6 Å². The summed E-state index contributed by atoms with van der Waals surface area (Å²) in [6, 6.07) is 0. The molecule has 7 atom stereocenters. The molecule has 180 valence electrons. The van der Waals surface area contributed by atoms with Crippen molar-refractivity contribution in [1.82, 2.24) is 0 Å². The highest BCUT2D eigenvalue weighted by Gasteiger charge is 2.72. The lowest BCUT2D eigenvalue weighted by molar-refractivity contribution is -0.424. The van der Waals surface area contributed by atoms with E-state index >= 15 is 0 Å². The van der Waals surface area contributed by atoms with Crippen molar-refractivity contribution in [3.05, 3.63) is 23.8 Å². The molecule has 4 fully saturated rings. The molecule has 0 aromatic heterocycles. The zero-order valence-corrected chi connectivity index (χ0v) is 20.3. The Hall–Kier alpha value is -1.63. The van der Waals surface area contributed by atoms with Crippen LogP contribution in [0, 0.1) is 28.6 Å². The molecule has 4 aliphatic carbocycles. The highest BCUT2D eigenvalue weighted by Crippen LogP contribution is 2.68. The fourth-order valence-electron chi connectivity index (χ4n) is 8.01. The molecule has 1 spiro atoms. The highest BCUT2D eigenvalue weighted by molar-refractivity contribution is 6.02. The maximum absolute atomic E-state index is 13.9. The second-order valence-electron chi connectivity index (χ2n) is 11.2. The molecule has 0 aromatic carbocycles. The minimum atomic E-state index is -1.23. The number of hydrogen-bond acceptors (Lipinski definition) is 6. The smallest absolute Gasteiger partial charge is 0.284 e. The van der Waals surface area contributed by atoms with Crippen molar-refractivity contribution in [2.75, 3.05) is 13.7 Å². The Morgan fingerprint density at radius 2 is 1.97 bits per heavy atom. The molecule has 3 saturated carbocycles. The minimum Gasteiger partial charge on any atom is -0.331 e. The third-order valence-corrected chi connectivity index (χ3v) is 9.73. The molecule has 6 heteroatoms. The first-order valence-electron chi connectivity index (χ1n) is 12.5. The van der Waals surface area contributed by atoms with E-state index in [9.17, 15) is 14.4 Å². The Morgan fingerprint density at radius 1 is 1.18 bits per heavy atom. The van der Waals surface area contributed by atoms with E-state index in [1.54, 1.807) is 19.3 Å². The number of fused-ring (bicyclic) bond motifs is 6. The maximum Gasteiger partial charge on any atom is 0.284 e. The maximum atomic E-state index is 13.9. The van der Waals surface area contributed by atoms with Crippen molar-refractivity contribution in [3.63, 3.8) is 0 Å². The lowest BCUT2D eigenvalue weighted by atomic mass is 9.46. The normalized spacial score (nSPS) is 46.7. The van der Waals surface area contributed by atoms with Gasteiger partial charge in [0.2, 0.25) is 0 Å². The van der Waals surface area contributed by atoms with Gasteiger partial charge in [-0.3, -0.25) is 14.4 Å². The number of rotatable bonds is 4. The summed E-state index contributed by atoms with van der Waals surface area (Å²) in [5.74, 6) is -0.881. The van der Waals surface area contributed by atoms with Gasteiger partial charge in [0, 0.05) is 36.7 Å². The van der Waals surface area contributed by atoms with Gasteiger partial charge in [-0.25, -0.2) is 0 Å². The number of carbonyl (C=O) groups is 3. The number of allylic oxidation sites excluding steroid dienone is 4. The average molecular weight is 457 g/mol. The second kappa shape index (κ2) is 7.69. The standard InChI is InChI=1S/C27H36O6/c1-5-6-11-27(31-4)32-16-22(30)26(33-27)13-10-20-19-8-7-17-14-18(28)9-12-24(17,2)23(19)21(29)15-25(20,26)3/h9,12,14,19-20,23H,5-8,10-11,13,15-16H2,1-4H3/t19-,20-,23+,24+,25+,26-,27+/m1/s1. The highest BCUT2D eigenvalue weighted by atomic mass is 16.9. The molecule has 5 aliphatic rings. The molecule has 0 unspecified atom stereocenters. The number of carbonyl (C=O) groups excluding carboxylic acids is 3. The molecule has 1 saturated heterocycles. The zero-order chi connectivity index (χ0) is 23.6. The van der Waals surface area contributed by atoms with Crippen LogP contribution in [0.2, 0.25) is 0 Å². The Morgan fingerprint density at radius 3 is 2.70 bits per heavy atom. The van der Waals surface area contributed by atoms with Gasteiger partial charge in [0.25, 0.3) is 5.97 Å². The van der Waals surface area contributed by atoms with Gasteiger partial charge in [-0.15, -0.1) is 0 Å². The quantitative estimate of drug-likeness (QED) is 0.627. The van der Waals surface area contributed by atoms with Crippen LogP contribution in [-0.2, 0) is 28.6 Å². The summed E-state index contributed by atoms with van der Waals surface area (Å²) in [7, 11) is 1.57. The van der Waals surface area contributed by atoms with Crippen LogP contribution < -0.4 is 0 Å². The fourth-order valence-corrected chi connectivity index (χ4v) is 8.01. The number of Topliss-reactive ketones (excluding diaryl/α,β-unsaturated/α-hetero) is 2. The van der Waals surface area contributed by atoms with Gasteiger partial charge < -0.3 is 14.2 Å². The van der Waals surface area contributed by atoms with Crippen LogP contribution in [0.25, 0.3) is 0 Å². The van der Waals surface area contributed by atoms with Crippen LogP contribution in [0.15, 0.2) is 23.8 Å². The number of methoxy groups -OCH3 is 1. The van der Waals surface area contributed by atoms with Gasteiger partial charge in [-0.2, -0.15) is 0 Å². The molecule has 33 heavy (non-hydrogen) atoms. The summed E-state index contributed by atoms with van der Waals surface area (Å²) >= 11 is 0. The summed E-state index contributed by atoms with van der Waals surface area (Å²) in [4.78, 5) is 39.4. The topological polar surface area (TPSA) is 78.9 Å². The Bertz CT molecular complexity index is 950. The molecule has 1 aliphatic heterocycles. The van der Waals surface area contributed by atoms with Crippen molar-refractivity contribution in [2.45, 2.75) is 83.7 Å². The Balaban J connectivity index is 1.52. The van der Waals surface area contributed by atoms with Crippen molar-refractivity contribution >= 4 is 17.3 Å². The van der Waals surface area contributed by atoms with Crippen molar-refractivity contribution < 1.29 is 28.6 Å². The van der Waals surface area contributed by atoms with Crippen LogP contribution in [0.3, 0.4) is 0 Å². The molecule has 6 nitrogen and oxygen atoms in total. The summed E-state index contributed by atoms with van der Waals surface area (Å²) in [5.41, 5.74) is -0.982. The molecular formula is C27H36O6. The predicted octanol–water partition coefficient (Wildman–Crippen LogP) is 4.32. The molecule has 1 heterocycles. The molecule has 0 N–H and O–H groups in total. The van der Waals surface area contributed by atoms with Crippen LogP contribution in [0.4, 0.5) is 0 Å². The molecule has 0 amide bonds. The Kier molecular flexibility index (Phi) is 5.39. The monoisotopic (exact) mass is 456 g/mol. The number of ketones is 3. The Labute approximate surface area is 196 Å². The van der Waals surface area contributed by atoms with Crippen LogP contribution >= 0.6 is 0 Å². The largest absolute Gasteiger partial charge is 0.331 e. The van der Waals surface area contributed by atoms with Gasteiger partial charge in [-0.1, -0.05) is 38.8 Å². The number of unbranched alkanes of at least 4 members (excludes halogenated alkanes) is 1. The van der Waals surface area contributed by atoms with Crippen LogP contribution in [0.5, 0.6) is 0 Å². The van der Waals surface area contributed by atoms with Crippen molar-refractivity contribution in [3.8, 4) is 0 Å². The van der Waals surface area contributed by atoms with E-state index in [0.29, 0.717) is 19.3 Å². The first kappa shape index (κ1) is 23.1. The summed E-state index contributed by atoms with van der Waals surface area (Å²) in [5, 5.41) is 0. The van der Waals surface area contributed by atoms with E-state index < -0.39 is 22.4 Å². The van der Waals surface area contributed by atoms with Gasteiger partial charge in [-0.05, 0) is 56.1 Å². The van der Waals surface area contributed by atoms with Crippen LogP contribution in [-0.4, -0.2) is 42.6 Å². The van der Waals surface area contributed by atoms with E-state index in [4.69, 9.17) is 14.2 Å². The van der Waals surface area contributed by atoms with Gasteiger partial charge in [0.1, 0.15) is 18.0 Å². The van der Waals surface area contributed by atoms with E-state index in [0.717, 1.165) is 37.7 Å². The zero-order valence-electron chi connectivity index (χ0n) is 20.3. The molecule has 0 bridgehead atoms. The minimum absolute atomic E-state index is 0.0121. The third-order valence-electron chi connectivity index (χ3n) is 9.73. The average Bonchev–Trinajstić information content (AvgIpc) is 3.07. The summed E-state index contributed by atoms with van der Waals surface area (Å²) < 4.78 is 18.2. The lowest BCUT2D eigenvalue weighted by Gasteiger charge is -2.59. The summed E-state index contributed by atoms with van der Waals surface area (Å²) in [6.07, 6.45) is 11.1. The molecule has 0 aromatic rings. The van der Waals surface area contributed by atoms with Crippen LogP contribution in [0.1, 0.15) is 72.1 Å². The first-order valence-corrected chi connectivity index (χ1v) is 12.5. The molecular weight excluding hydrogens is 420 g/mol. The van der Waals surface area contributed by atoms with Crippen molar-refractivity contribution in [1.29, 1.82) is 0 Å². The number of ether oxygens (including phenoxy) is 3. The van der Waals surface area contributed by atoms with Gasteiger partial charge in [0.15, 0.2) is 11.6 Å². The first-order chi connectivity index (χ1) is 15.6. The fraction of sp³-hybridized carbons (Fsp3) is 0.741. The molecule has 0 radical (unpaired) electrons. The second-order valence-corrected chi connectivity index (χ2v) is 11.2.